The zero-order valence-electron chi connectivity index (χ0n) is 9.07. The molecule has 3 nitrogen and oxygen atoms in total. The summed E-state index contributed by atoms with van der Waals surface area (Å²) in [6, 6.07) is 4.71. The molecule has 84 valence electrons. The first-order valence-corrected chi connectivity index (χ1v) is 6.61. The van der Waals surface area contributed by atoms with Crippen LogP contribution < -0.4 is 5.32 Å². The lowest BCUT2D eigenvalue weighted by atomic mass is 10.2. The Balaban J connectivity index is 1.72. The molecule has 0 radical (unpaired) electrons. The second-order valence-corrected chi connectivity index (χ2v) is 5.15. The van der Waals surface area contributed by atoms with E-state index in [2.05, 4.69) is 26.7 Å². The molecule has 3 heterocycles. The van der Waals surface area contributed by atoms with Crippen LogP contribution in [0.2, 0.25) is 0 Å². The number of aromatic amines is 1. The first-order valence-electron chi connectivity index (χ1n) is 5.73. The average Bonchev–Trinajstić information content (AvgIpc) is 2.99. The fraction of sp³-hybridized carbons (Fsp3) is 0.417. The molecule has 1 saturated heterocycles. The van der Waals surface area contributed by atoms with Gasteiger partial charge in [-0.25, -0.2) is 4.98 Å². The van der Waals surface area contributed by atoms with Gasteiger partial charge in [0.1, 0.15) is 0 Å². The summed E-state index contributed by atoms with van der Waals surface area (Å²) in [5, 5.41) is 6.88. The van der Waals surface area contributed by atoms with Gasteiger partial charge in [0.05, 0.1) is 16.4 Å². The zero-order valence-corrected chi connectivity index (χ0v) is 9.89. The van der Waals surface area contributed by atoms with E-state index in [4.69, 9.17) is 0 Å². The fourth-order valence-corrected chi connectivity index (χ4v) is 3.04. The van der Waals surface area contributed by atoms with E-state index < -0.39 is 0 Å². The second kappa shape index (κ2) is 4.39. The lowest BCUT2D eigenvalue weighted by Crippen LogP contribution is -2.23. The quantitative estimate of drug-likeness (QED) is 0.855. The molecule has 0 aliphatic carbocycles. The summed E-state index contributed by atoms with van der Waals surface area (Å²) in [6.07, 6.45) is 5.61. The fourth-order valence-electron chi connectivity index (χ4n) is 2.16. The lowest BCUT2D eigenvalue weighted by Gasteiger charge is -2.06. The molecule has 0 spiro atoms. The molecule has 1 fully saturated rings. The molecular weight excluding hydrogens is 218 g/mol. The van der Waals surface area contributed by atoms with Crippen molar-refractivity contribution in [2.75, 3.05) is 6.54 Å². The standard InChI is InChI=1S/C12H15N3S/c1-3-9(13-5-1)7-12-15-11(8-16-12)10-4-2-6-14-10/h2,4,6,8-9,13-14H,1,3,5,7H2. The topological polar surface area (TPSA) is 40.7 Å². The van der Waals surface area contributed by atoms with Crippen molar-refractivity contribution in [3.63, 3.8) is 0 Å². The van der Waals surface area contributed by atoms with Gasteiger partial charge in [-0.3, -0.25) is 0 Å². The lowest BCUT2D eigenvalue weighted by molar-refractivity contribution is 0.601. The van der Waals surface area contributed by atoms with Crippen LogP contribution in [-0.4, -0.2) is 22.6 Å². The highest BCUT2D eigenvalue weighted by atomic mass is 32.1. The van der Waals surface area contributed by atoms with Crippen LogP contribution >= 0.6 is 11.3 Å². The first-order chi connectivity index (χ1) is 7.92. The van der Waals surface area contributed by atoms with Gasteiger partial charge in [-0.1, -0.05) is 0 Å². The minimum atomic E-state index is 0.641. The zero-order chi connectivity index (χ0) is 10.8. The van der Waals surface area contributed by atoms with Crippen LogP contribution in [0.25, 0.3) is 11.4 Å². The van der Waals surface area contributed by atoms with Gasteiger partial charge in [0.15, 0.2) is 0 Å². The van der Waals surface area contributed by atoms with Crippen molar-refractivity contribution in [1.82, 2.24) is 15.3 Å². The van der Waals surface area contributed by atoms with E-state index in [1.54, 1.807) is 11.3 Å². The molecule has 2 aromatic heterocycles. The van der Waals surface area contributed by atoms with Crippen LogP contribution in [0.4, 0.5) is 0 Å². The molecule has 4 heteroatoms. The highest BCUT2D eigenvalue weighted by molar-refractivity contribution is 7.09. The Hall–Kier alpha value is -1.13. The highest BCUT2D eigenvalue weighted by Crippen LogP contribution is 2.22. The molecule has 16 heavy (non-hydrogen) atoms. The van der Waals surface area contributed by atoms with Gasteiger partial charge in [0.25, 0.3) is 0 Å². The summed E-state index contributed by atoms with van der Waals surface area (Å²) in [5.41, 5.74) is 2.19. The number of nitrogens with one attached hydrogen (secondary N) is 2. The molecule has 0 aromatic carbocycles. The van der Waals surface area contributed by atoms with Gasteiger partial charge < -0.3 is 10.3 Å². The van der Waals surface area contributed by atoms with E-state index in [0.29, 0.717) is 6.04 Å². The molecule has 2 aromatic rings. The van der Waals surface area contributed by atoms with Crippen molar-refractivity contribution in [1.29, 1.82) is 0 Å². The molecule has 1 aliphatic rings. The minimum Gasteiger partial charge on any atom is -0.360 e. The number of hydrogen-bond donors (Lipinski definition) is 2. The molecule has 0 bridgehead atoms. The normalized spacial score (nSPS) is 20.4. The number of rotatable bonds is 3. The molecule has 0 amide bonds. The van der Waals surface area contributed by atoms with E-state index in [1.165, 1.54) is 24.4 Å². The van der Waals surface area contributed by atoms with Crippen molar-refractivity contribution in [2.45, 2.75) is 25.3 Å². The molecule has 0 saturated carbocycles. The van der Waals surface area contributed by atoms with E-state index in [-0.39, 0.29) is 0 Å². The second-order valence-electron chi connectivity index (χ2n) is 4.21. The Morgan fingerprint density at radius 1 is 1.50 bits per heavy atom. The SMILES string of the molecule is c1c[nH]c(-c2csc(CC3CCCN3)n2)c1. The third-order valence-electron chi connectivity index (χ3n) is 3.01. The van der Waals surface area contributed by atoms with Crippen molar-refractivity contribution < 1.29 is 0 Å². The van der Waals surface area contributed by atoms with Crippen molar-refractivity contribution in [3.8, 4) is 11.4 Å². The predicted octanol–water partition coefficient (Wildman–Crippen LogP) is 2.43. The Kier molecular flexibility index (Phi) is 2.76. The number of H-pyrrole nitrogens is 1. The van der Waals surface area contributed by atoms with E-state index in [9.17, 15) is 0 Å². The summed E-state index contributed by atoms with van der Waals surface area (Å²) in [5.74, 6) is 0. The Morgan fingerprint density at radius 3 is 3.25 bits per heavy atom. The molecule has 1 atom stereocenters. The van der Waals surface area contributed by atoms with Crippen LogP contribution in [0.15, 0.2) is 23.7 Å². The maximum atomic E-state index is 4.66. The maximum Gasteiger partial charge on any atom is 0.0976 e. The summed E-state index contributed by atoms with van der Waals surface area (Å²) in [4.78, 5) is 7.85. The molecule has 1 unspecified atom stereocenters. The van der Waals surface area contributed by atoms with E-state index in [0.717, 1.165) is 17.8 Å². The minimum absolute atomic E-state index is 0.641. The van der Waals surface area contributed by atoms with Crippen molar-refractivity contribution >= 4 is 11.3 Å². The highest BCUT2D eigenvalue weighted by Gasteiger charge is 2.16. The Morgan fingerprint density at radius 2 is 2.50 bits per heavy atom. The van der Waals surface area contributed by atoms with Gasteiger partial charge in [-0.15, -0.1) is 11.3 Å². The van der Waals surface area contributed by atoms with Gasteiger partial charge in [0.2, 0.25) is 0 Å². The number of nitrogens with zero attached hydrogens (tertiary/aromatic N) is 1. The monoisotopic (exact) mass is 233 g/mol. The molecule has 1 aliphatic heterocycles. The van der Waals surface area contributed by atoms with Crippen LogP contribution in [0.5, 0.6) is 0 Å². The smallest absolute Gasteiger partial charge is 0.0976 e. The third kappa shape index (κ3) is 2.03. The van der Waals surface area contributed by atoms with Crippen LogP contribution in [0.1, 0.15) is 17.8 Å². The Bertz CT molecular complexity index is 441. The van der Waals surface area contributed by atoms with E-state index in [1.807, 2.05) is 12.3 Å². The summed E-state index contributed by atoms with van der Waals surface area (Å²) >= 11 is 1.76. The summed E-state index contributed by atoms with van der Waals surface area (Å²) in [7, 11) is 0. The number of hydrogen-bond acceptors (Lipinski definition) is 3. The summed E-state index contributed by atoms with van der Waals surface area (Å²) in [6.45, 7) is 1.17. The van der Waals surface area contributed by atoms with Gasteiger partial charge >= 0.3 is 0 Å². The largest absolute Gasteiger partial charge is 0.360 e. The third-order valence-corrected chi connectivity index (χ3v) is 3.88. The predicted molar refractivity (Wildman–Crippen MR) is 66.6 cm³/mol. The molecule has 3 rings (SSSR count). The number of aromatic nitrogens is 2. The van der Waals surface area contributed by atoms with Crippen molar-refractivity contribution in [2.24, 2.45) is 0 Å². The molecule has 2 N–H and O–H groups in total. The van der Waals surface area contributed by atoms with Crippen LogP contribution in [-0.2, 0) is 6.42 Å². The molecular formula is C12H15N3S. The van der Waals surface area contributed by atoms with Crippen molar-refractivity contribution in [3.05, 3.63) is 28.7 Å². The van der Waals surface area contributed by atoms with Crippen LogP contribution in [0.3, 0.4) is 0 Å². The summed E-state index contributed by atoms with van der Waals surface area (Å²) < 4.78 is 0. The average molecular weight is 233 g/mol. The van der Waals surface area contributed by atoms with Gasteiger partial charge in [0, 0.05) is 24.0 Å². The van der Waals surface area contributed by atoms with Crippen LogP contribution in [0, 0.1) is 0 Å². The van der Waals surface area contributed by atoms with Gasteiger partial charge in [-0.2, -0.15) is 0 Å². The first kappa shape index (κ1) is 10.1. The number of thiazole rings is 1. The maximum absolute atomic E-state index is 4.66. The van der Waals surface area contributed by atoms with Gasteiger partial charge in [-0.05, 0) is 31.5 Å². The Labute approximate surface area is 98.9 Å². The van der Waals surface area contributed by atoms with E-state index >= 15 is 0 Å².